The van der Waals surface area contributed by atoms with E-state index in [0.29, 0.717) is 18.3 Å². The van der Waals surface area contributed by atoms with Gasteiger partial charge in [0.05, 0.1) is 18.7 Å². The highest BCUT2D eigenvalue weighted by Gasteiger charge is 2.09. The minimum atomic E-state index is -0.748. The van der Waals surface area contributed by atoms with Crippen molar-refractivity contribution in [2.45, 2.75) is 26.7 Å². The molecule has 0 aliphatic rings. The lowest BCUT2D eigenvalue weighted by Gasteiger charge is -2.07. The lowest BCUT2D eigenvalue weighted by molar-refractivity contribution is -0.136. The van der Waals surface area contributed by atoms with Crippen LogP contribution in [-0.2, 0) is 4.79 Å². The Hall–Kier alpha value is -1.95. The molecule has 6 heteroatoms. The topological polar surface area (TPSA) is 72.6 Å². The second-order valence-electron chi connectivity index (χ2n) is 5.15. The van der Waals surface area contributed by atoms with E-state index in [1.54, 1.807) is 11.8 Å². The van der Waals surface area contributed by atoms with Gasteiger partial charge in [0.25, 0.3) is 0 Å². The Morgan fingerprint density at radius 1 is 1.35 bits per heavy atom. The Bertz CT molecular complexity index is 634. The maximum absolute atomic E-state index is 10.4. The second kappa shape index (κ2) is 8.62. The lowest BCUT2D eigenvalue weighted by atomic mass is 10.2. The summed E-state index contributed by atoms with van der Waals surface area (Å²) in [5.74, 6) is 3.01. The van der Waals surface area contributed by atoms with Gasteiger partial charge in [-0.1, -0.05) is 6.07 Å². The third-order valence-electron chi connectivity index (χ3n) is 3.27. The molecule has 1 aromatic carbocycles. The smallest absolute Gasteiger partial charge is 0.304 e. The molecule has 2 aromatic rings. The molecule has 5 nitrogen and oxygen atoms in total. The Balaban J connectivity index is 1.78. The summed E-state index contributed by atoms with van der Waals surface area (Å²) < 4.78 is 11.4. The van der Waals surface area contributed by atoms with Crippen LogP contribution in [-0.4, -0.2) is 34.2 Å². The first-order chi connectivity index (χ1) is 11.1. The van der Waals surface area contributed by atoms with Crippen molar-refractivity contribution >= 4 is 17.7 Å². The number of carbonyl (C=O) groups is 1. The van der Waals surface area contributed by atoms with Crippen molar-refractivity contribution < 1.29 is 19.1 Å². The fraction of sp³-hybridized carbons (Fsp3) is 0.412. The van der Waals surface area contributed by atoms with Crippen molar-refractivity contribution in [2.24, 2.45) is 0 Å². The summed E-state index contributed by atoms with van der Waals surface area (Å²) in [6.07, 6.45) is 1.09. The van der Waals surface area contributed by atoms with E-state index < -0.39 is 5.97 Å². The van der Waals surface area contributed by atoms with Crippen LogP contribution in [0.5, 0.6) is 5.75 Å². The molecule has 0 radical (unpaired) electrons. The SMILES string of the molecule is Cc1nc(-c2cccc(OCCCSCCC(=O)O)c2)oc1C. The van der Waals surface area contributed by atoms with Crippen molar-refractivity contribution in [1.82, 2.24) is 4.98 Å². The molecule has 1 heterocycles. The number of thioether (sulfide) groups is 1. The van der Waals surface area contributed by atoms with Crippen molar-refractivity contribution in [3.8, 4) is 17.2 Å². The van der Waals surface area contributed by atoms with Crippen LogP contribution < -0.4 is 4.74 Å². The van der Waals surface area contributed by atoms with Crippen molar-refractivity contribution in [3.63, 3.8) is 0 Å². The first-order valence-electron chi connectivity index (χ1n) is 7.53. The van der Waals surface area contributed by atoms with Crippen molar-refractivity contribution in [3.05, 3.63) is 35.7 Å². The van der Waals surface area contributed by atoms with Gasteiger partial charge >= 0.3 is 5.97 Å². The molecular weight excluding hydrogens is 314 g/mol. The largest absolute Gasteiger partial charge is 0.494 e. The van der Waals surface area contributed by atoms with Crippen LogP contribution in [0.4, 0.5) is 0 Å². The maximum Gasteiger partial charge on any atom is 0.304 e. The summed E-state index contributed by atoms with van der Waals surface area (Å²) in [5.41, 5.74) is 1.79. The molecule has 0 saturated carbocycles. The normalized spacial score (nSPS) is 10.7. The van der Waals surface area contributed by atoms with E-state index in [1.165, 1.54) is 0 Å². The summed E-state index contributed by atoms with van der Waals surface area (Å²) in [6.45, 7) is 4.42. The Kier molecular flexibility index (Phi) is 6.52. The van der Waals surface area contributed by atoms with Crippen molar-refractivity contribution in [2.75, 3.05) is 18.1 Å². The number of rotatable bonds is 9. The van der Waals surface area contributed by atoms with Crippen LogP contribution in [0.25, 0.3) is 11.5 Å². The molecule has 0 bridgehead atoms. The number of carboxylic acid groups (broad SMARTS) is 1. The van der Waals surface area contributed by atoms with Crippen LogP contribution in [0.3, 0.4) is 0 Å². The Morgan fingerprint density at radius 2 is 2.17 bits per heavy atom. The number of aliphatic carboxylic acids is 1. The number of benzene rings is 1. The van der Waals surface area contributed by atoms with E-state index >= 15 is 0 Å². The molecular formula is C17H21NO4S. The van der Waals surface area contributed by atoms with Gasteiger partial charge < -0.3 is 14.3 Å². The van der Waals surface area contributed by atoms with Gasteiger partial charge in [-0.3, -0.25) is 4.79 Å². The molecule has 0 unspecified atom stereocenters. The van der Waals surface area contributed by atoms with Crippen LogP contribution in [0, 0.1) is 13.8 Å². The number of oxazole rings is 1. The molecule has 124 valence electrons. The average molecular weight is 335 g/mol. The number of ether oxygens (including phenoxy) is 1. The highest BCUT2D eigenvalue weighted by molar-refractivity contribution is 7.99. The monoisotopic (exact) mass is 335 g/mol. The van der Waals surface area contributed by atoms with E-state index in [1.807, 2.05) is 38.1 Å². The van der Waals surface area contributed by atoms with E-state index in [0.717, 1.165) is 34.9 Å². The third-order valence-corrected chi connectivity index (χ3v) is 4.34. The molecule has 0 saturated heterocycles. The molecule has 0 aliphatic heterocycles. The summed E-state index contributed by atoms with van der Waals surface area (Å²) in [7, 11) is 0. The fourth-order valence-electron chi connectivity index (χ4n) is 1.93. The molecule has 0 fully saturated rings. The van der Waals surface area contributed by atoms with E-state index in [-0.39, 0.29) is 6.42 Å². The minimum Gasteiger partial charge on any atom is -0.494 e. The number of aromatic nitrogens is 1. The molecule has 23 heavy (non-hydrogen) atoms. The van der Waals surface area contributed by atoms with Gasteiger partial charge in [0.15, 0.2) is 0 Å². The van der Waals surface area contributed by atoms with E-state index in [4.69, 9.17) is 14.3 Å². The van der Waals surface area contributed by atoms with Gasteiger partial charge in [-0.05, 0) is 44.2 Å². The van der Waals surface area contributed by atoms with Gasteiger partial charge in [-0.25, -0.2) is 4.98 Å². The zero-order chi connectivity index (χ0) is 16.7. The first kappa shape index (κ1) is 17.4. The molecule has 0 aliphatic carbocycles. The molecule has 0 amide bonds. The summed E-state index contributed by atoms with van der Waals surface area (Å²) >= 11 is 1.64. The molecule has 1 N–H and O–H groups in total. The predicted octanol–water partition coefficient (Wildman–Crippen LogP) is 3.94. The van der Waals surface area contributed by atoms with Gasteiger partial charge in [0, 0.05) is 11.3 Å². The van der Waals surface area contributed by atoms with E-state index in [2.05, 4.69) is 4.98 Å². The standard InChI is InChI=1S/C17H21NO4S/c1-12-13(2)22-17(18-12)14-5-3-6-15(11-14)21-8-4-9-23-10-7-16(19)20/h3,5-6,11H,4,7-10H2,1-2H3,(H,19,20). The number of hydrogen-bond donors (Lipinski definition) is 1. The lowest BCUT2D eigenvalue weighted by Crippen LogP contribution is -2.00. The van der Waals surface area contributed by atoms with Gasteiger partial charge in [0.2, 0.25) is 5.89 Å². The molecule has 0 atom stereocenters. The number of carboxylic acids is 1. The predicted molar refractivity (Wildman–Crippen MR) is 91.1 cm³/mol. The third kappa shape index (κ3) is 5.63. The highest BCUT2D eigenvalue weighted by atomic mass is 32.2. The maximum atomic E-state index is 10.4. The van der Waals surface area contributed by atoms with Crippen LogP contribution in [0.15, 0.2) is 28.7 Å². The summed E-state index contributed by atoms with van der Waals surface area (Å²) in [6, 6.07) is 7.69. The Labute approximate surface area is 140 Å². The zero-order valence-electron chi connectivity index (χ0n) is 13.4. The van der Waals surface area contributed by atoms with Crippen LogP contribution >= 0.6 is 11.8 Å². The minimum absolute atomic E-state index is 0.211. The Morgan fingerprint density at radius 3 is 2.87 bits per heavy atom. The first-order valence-corrected chi connectivity index (χ1v) is 8.68. The second-order valence-corrected chi connectivity index (χ2v) is 6.37. The fourth-order valence-corrected chi connectivity index (χ4v) is 2.77. The van der Waals surface area contributed by atoms with E-state index in [9.17, 15) is 4.79 Å². The zero-order valence-corrected chi connectivity index (χ0v) is 14.2. The average Bonchev–Trinajstić information content (AvgIpc) is 2.86. The van der Waals surface area contributed by atoms with Crippen molar-refractivity contribution in [1.29, 1.82) is 0 Å². The molecule has 2 rings (SSSR count). The number of aryl methyl sites for hydroxylation is 2. The summed E-state index contributed by atoms with van der Waals surface area (Å²) in [5, 5.41) is 8.55. The van der Waals surface area contributed by atoms with Crippen LogP contribution in [0.2, 0.25) is 0 Å². The van der Waals surface area contributed by atoms with Gasteiger partial charge in [0.1, 0.15) is 11.5 Å². The highest BCUT2D eigenvalue weighted by Crippen LogP contribution is 2.25. The number of hydrogen-bond acceptors (Lipinski definition) is 5. The van der Waals surface area contributed by atoms with Crippen LogP contribution in [0.1, 0.15) is 24.3 Å². The quantitative estimate of drug-likeness (QED) is 0.700. The molecule has 0 spiro atoms. The number of nitrogens with zero attached hydrogens (tertiary/aromatic N) is 1. The van der Waals surface area contributed by atoms with Gasteiger partial charge in [-0.15, -0.1) is 0 Å². The summed E-state index contributed by atoms with van der Waals surface area (Å²) in [4.78, 5) is 14.8. The van der Waals surface area contributed by atoms with Gasteiger partial charge in [-0.2, -0.15) is 11.8 Å². The molecule has 1 aromatic heterocycles.